The molecule has 0 spiro atoms. The highest BCUT2D eigenvalue weighted by atomic mass is 32.2. The molecular weight excluding hydrogens is 282 g/mol. The number of amides is 1. The van der Waals surface area contributed by atoms with Crippen molar-refractivity contribution in [3.8, 4) is 0 Å². The van der Waals surface area contributed by atoms with Crippen LogP contribution in [-0.4, -0.2) is 32.7 Å². The molecule has 1 aliphatic heterocycles. The Balaban J connectivity index is 2.02. The summed E-state index contributed by atoms with van der Waals surface area (Å²) < 4.78 is 0.462. The lowest BCUT2D eigenvalue weighted by molar-refractivity contribution is -0.137. The van der Waals surface area contributed by atoms with E-state index in [1.807, 2.05) is 6.08 Å². The Kier molecular flexibility index (Phi) is 4.76. The molecule has 0 aromatic carbocycles. The van der Waals surface area contributed by atoms with E-state index in [-0.39, 0.29) is 18.9 Å². The summed E-state index contributed by atoms with van der Waals surface area (Å²) in [6.07, 6.45) is 9.25. The minimum Gasteiger partial charge on any atom is -0.481 e. The van der Waals surface area contributed by atoms with Gasteiger partial charge in [0.15, 0.2) is 0 Å². The average Bonchev–Trinajstić information content (AvgIpc) is 2.63. The molecule has 1 atom stereocenters. The first kappa shape index (κ1) is 14.3. The van der Waals surface area contributed by atoms with Crippen LogP contribution in [0.15, 0.2) is 23.1 Å². The van der Waals surface area contributed by atoms with E-state index >= 15 is 0 Å². The Morgan fingerprint density at radius 3 is 3.00 bits per heavy atom. The number of carbonyl (C=O) groups is 2. The van der Waals surface area contributed by atoms with Gasteiger partial charge in [-0.15, -0.1) is 0 Å². The highest BCUT2D eigenvalue weighted by Gasteiger charge is 2.32. The normalized spacial score (nSPS) is 25.4. The number of carboxylic acids is 1. The van der Waals surface area contributed by atoms with E-state index in [1.54, 1.807) is 0 Å². The molecule has 2 rings (SSSR count). The number of hydrogen-bond acceptors (Lipinski definition) is 4. The van der Waals surface area contributed by atoms with Gasteiger partial charge in [0.05, 0.1) is 11.3 Å². The van der Waals surface area contributed by atoms with Gasteiger partial charge < -0.3 is 5.11 Å². The molecule has 102 valence electrons. The van der Waals surface area contributed by atoms with Crippen LogP contribution in [0.2, 0.25) is 0 Å². The number of aliphatic carboxylic acids is 1. The number of rotatable bonds is 4. The second kappa shape index (κ2) is 6.34. The molecular formula is C13H15NO3S2. The maximum Gasteiger partial charge on any atom is 0.305 e. The zero-order valence-corrected chi connectivity index (χ0v) is 12.0. The van der Waals surface area contributed by atoms with Crippen molar-refractivity contribution in [2.45, 2.75) is 25.7 Å². The first-order chi connectivity index (χ1) is 9.08. The van der Waals surface area contributed by atoms with Gasteiger partial charge in [-0.25, -0.2) is 0 Å². The largest absolute Gasteiger partial charge is 0.481 e. The van der Waals surface area contributed by atoms with E-state index in [0.717, 1.165) is 19.3 Å². The molecule has 2 aliphatic rings. The third-order valence-corrected chi connectivity index (χ3v) is 4.52. The zero-order valence-electron chi connectivity index (χ0n) is 10.4. The zero-order chi connectivity index (χ0) is 13.8. The summed E-state index contributed by atoms with van der Waals surface area (Å²) in [5.74, 6) is -0.681. The van der Waals surface area contributed by atoms with Gasteiger partial charge in [0.2, 0.25) is 0 Å². The summed E-state index contributed by atoms with van der Waals surface area (Å²) in [5, 5.41) is 8.66. The van der Waals surface area contributed by atoms with Gasteiger partial charge in [-0.05, 0) is 25.2 Å². The van der Waals surface area contributed by atoms with Gasteiger partial charge in [-0.3, -0.25) is 14.5 Å². The minimum atomic E-state index is -0.921. The number of thioether (sulfide) groups is 1. The lowest BCUT2D eigenvalue weighted by atomic mass is 9.94. The first-order valence-corrected chi connectivity index (χ1v) is 7.42. The molecule has 0 aromatic heterocycles. The summed E-state index contributed by atoms with van der Waals surface area (Å²) in [6.45, 7) is 0.155. The van der Waals surface area contributed by atoms with Crippen molar-refractivity contribution in [3.05, 3.63) is 23.1 Å². The summed E-state index contributed by atoms with van der Waals surface area (Å²) in [7, 11) is 0. The van der Waals surface area contributed by atoms with Crippen LogP contribution in [0.5, 0.6) is 0 Å². The smallest absolute Gasteiger partial charge is 0.305 e. The van der Waals surface area contributed by atoms with Crippen LogP contribution in [0.4, 0.5) is 0 Å². The SMILES string of the molecule is O=C(O)CCN1C(=O)/C(=C/[C@@H]2CC=CCC2)SC1=S. The average molecular weight is 297 g/mol. The predicted octanol–water partition coefficient (Wildman–Crippen LogP) is 2.56. The number of nitrogens with zero attached hydrogens (tertiary/aromatic N) is 1. The third-order valence-electron chi connectivity index (χ3n) is 3.12. The molecule has 4 nitrogen and oxygen atoms in total. The summed E-state index contributed by atoms with van der Waals surface area (Å²) in [4.78, 5) is 24.7. The van der Waals surface area contributed by atoms with Crippen LogP contribution in [-0.2, 0) is 9.59 Å². The van der Waals surface area contributed by atoms with E-state index in [0.29, 0.717) is 15.1 Å². The molecule has 0 aromatic rings. The standard InChI is InChI=1S/C13H15NO3S2/c15-11(16)6-7-14-12(17)10(19-13(14)18)8-9-4-2-1-3-5-9/h1-2,8-9H,3-7H2,(H,15,16)/b10-8-/t9-/m1/s1. The third kappa shape index (κ3) is 3.67. The number of carbonyl (C=O) groups excluding carboxylic acids is 1. The highest BCUT2D eigenvalue weighted by Crippen LogP contribution is 2.33. The van der Waals surface area contributed by atoms with Crippen LogP contribution in [0.25, 0.3) is 0 Å². The molecule has 0 radical (unpaired) electrons. The predicted molar refractivity (Wildman–Crippen MR) is 78.7 cm³/mol. The van der Waals surface area contributed by atoms with E-state index in [9.17, 15) is 9.59 Å². The number of hydrogen-bond donors (Lipinski definition) is 1. The van der Waals surface area contributed by atoms with Crippen molar-refractivity contribution in [1.82, 2.24) is 4.90 Å². The fourth-order valence-corrected chi connectivity index (χ4v) is 3.47. The first-order valence-electron chi connectivity index (χ1n) is 6.20. The molecule has 1 fully saturated rings. The number of carboxylic acid groups (broad SMARTS) is 1. The van der Waals surface area contributed by atoms with E-state index in [1.165, 1.54) is 16.7 Å². The van der Waals surface area contributed by atoms with Crippen molar-refractivity contribution in [3.63, 3.8) is 0 Å². The molecule has 1 heterocycles. The van der Waals surface area contributed by atoms with Crippen LogP contribution in [0.1, 0.15) is 25.7 Å². The molecule has 1 amide bonds. The summed E-state index contributed by atoms with van der Waals surface area (Å²) in [6, 6.07) is 0. The fourth-order valence-electron chi connectivity index (χ4n) is 2.10. The fraction of sp³-hybridized carbons (Fsp3) is 0.462. The lowest BCUT2D eigenvalue weighted by Crippen LogP contribution is -2.30. The minimum absolute atomic E-state index is 0.0775. The molecule has 1 aliphatic carbocycles. The molecule has 1 saturated heterocycles. The van der Waals surface area contributed by atoms with Crippen LogP contribution in [0, 0.1) is 5.92 Å². The topological polar surface area (TPSA) is 57.6 Å². The molecule has 1 N–H and O–H groups in total. The monoisotopic (exact) mass is 297 g/mol. The number of allylic oxidation sites excluding steroid dienone is 3. The molecule has 6 heteroatoms. The second-order valence-electron chi connectivity index (χ2n) is 4.54. The Morgan fingerprint density at radius 1 is 1.58 bits per heavy atom. The van der Waals surface area contributed by atoms with Gasteiger partial charge >= 0.3 is 5.97 Å². The van der Waals surface area contributed by atoms with Gasteiger partial charge in [0.25, 0.3) is 5.91 Å². The Labute approximate surface area is 121 Å². The van der Waals surface area contributed by atoms with Gasteiger partial charge in [-0.2, -0.15) is 0 Å². The Hall–Kier alpha value is -1.14. The van der Waals surface area contributed by atoms with Crippen molar-refractivity contribution in [1.29, 1.82) is 0 Å². The van der Waals surface area contributed by atoms with E-state index in [4.69, 9.17) is 17.3 Å². The quantitative estimate of drug-likeness (QED) is 0.491. The second-order valence-corrected chi connectivity index (χ2v) is 6.22. The highest BCUT2D eigenvalue weighted by molar-refractivity contribution is 8.26. The van der Waals surface area contributed by atoms with Crippen LogP contribution >= 0.6 is 24.0 Å². The van der Waals surface area contributed by atoms with Gasteiger partial charge in [-0.1, -0.05) is 42.2 Å². The lowest BCUT2D eigenvalue weighted by Gasteiger charge is -2.14. The molecule has 0 bridgehead atoms. The van der Waals surface area contributed by atoms with E-state index < -0.39 is 5.97 Å². The van der Waals surface area contributed by atoms with Crippen molar-refractivity contribution < 1.29 is 14.7 Å². The van der Waals surface area contributed by atoms with Crippen LogP contribution < -0.4 is 0 Å². The van der Waals surface area contributed by atoms with E-state index in [2.05, 4.69) is 12.2 Å². The van der Waals surface area contributed by atoms with Crippen molar-refractivity contribution >= 4 is 40.2 Å². The molecule has 0 saturated carbocycles. The number of thiocarbonyl (C=S) groups is 1. The maximum absolute atomic E-state index is 12.1. The van der Waals surface area contributed by atoms with Crippen molar-refractivity contribution in [2.24, 2.45) is 5.92 Å². The molecule has 19 heavy (non-hydrogen) atoms. The summed E-state index contributed by atoms with van der Waals surface area (Å²) >= 11 is 6.41. The van der Waals surface area contributed by atoms with Gasteiger partial charge in [0, 0.05) is 6.54 Å². The van der Waals surface area contributed by atoms with Gasteiger partial charge in [0.1, 0.15) is 4.32 Å². The Morgan fingerprint density at radius 2 is 2.37 bits per heavy atom. The van der Waals surface area contributed by atoms with Crippen LogP contribution in [0.3, 0.4) is 0 Å². The maximum atomic E-state index is 12.1. The Bertz CT molecular complexity index is 471. The van der Waals surface area contributed by atoms with Crippen molar-refractivity contribution in [2.75, 3.05) is 6.54 Å². The molecule has 0 unspecified atom stereocenters. The summed E-state index contributed by atoms with van der Waals surface area (Å²) in [5.41, 5.74) is 0.